The predicted octanol–water partition coefficient (Wildman–Crippen LogP) is 2.01. The maximum absolute atomic E-state index is 11.5. The van der Waals surface area contributed by atoms with Gasteiger partial charge in [-0.2, -0.15) is 9.78 Å². The van der Waals surface area contributed by atoms with Crippen LogP contribution in [0.2, 0.25) is 5.02 Å². The highest BCUT2D eigenvalue weighted by Gasteiger charge is 2.04. The van der Waals surface area contributed by atoms with E-state index in [0.29, 0.717) is 10.7 Å². The number of benzene rings is 1. The minimum absolute atomic E-state index is 0.380. The summed E-state index contributed by atoms with van der Waals surface area (Å²) in [6.07, 6.45) is 2.61. The summed E-state index contributed by atoms with van der Waals surface area (Å²) in [5.41, 5.74) is 0.614. The van der Waals surface area contributed by atoms with Crippen LogP contribution in [-0.4, -0.2) is 20.8 Å². The Morgan fingerprint density at radius 3 is 3.00 bits per heavy atom. The van der Waals surface area contributed by atoms with E-state index >= 15 is 0 Å². The fourth-order valence-corrected chi connectivity index (χ4v) is 1.25. The van der Waals surface area contributed by atoms with E-state index in [0.717, 1.165) is 4.68 Å². The highest BCUT2D eigenvalue weighted by atomic mass is 35.5. The van der Waals surface area contributed by atoms with Gasteiger partial charge >= 0.3 is 6.03 Å². The number of halogens is 1. The Balaban J connectivity index is 2.13. The summed E-state index contributed by atoms with van der Waals surface area (Å²) in [4.78, 5) is 15.2. The van der Waals surface area contributed by atoms with Crippen molar-refractivity contribution in [3.63, 3.8) is 0 Å². The van der Waals surface area contributed by atoms with Gasteiger partial charge < -0.3 is 5.32 Å². The molecule has 1 heterocycles. The third kappa shape index (κ3) is 2.32. The molecule has 0 aliphatic carbocycles. The molecule has 0 bridgehead atoms. The SMILES string of the molecule is O=C(Nc1cccc(Cl)c1)n1cncn1. The number of amides is 1. The molecule has 0 fully saturated rings. The third-order valence-electron chi connectivity index (χ3n) is 1.70. The summed E-state index contributed by atoms with van der Waals surface area (Å²) in [6, 6.07) is 6.48. The number of hydrogen-bond acceptors (Lipinski definition) is 3. The molecule has 5 nitrogen and oxygen atoms in total. The van der Waals surface area contributed by atoms with Crippen LogP contribution in [0.1, 0.15) is 0 Å². The highest BCUT2D eigenvalue weighted by Crippen LogP contribution is 2.14. The van der Waals surface area contributed by atoms with E-state index in [1.165, 1.54) is 12.7 Å². The van der Waals surface area contributed by atoms with Crippen LogP contribution >= 0.6 is 11.6 Å². The van der Waals surface area contributed by atoms with Crippen LogP contribution in [0.15, 0.2) is 36.9 Å². The Bertz CT molecular complexity index is 469. The zero-order chi connectivity index (χ0) is 10.7. The van der Waals surface area contributed by atoms with Crippen LogP contribution in [0.25, 0.3) is 0 Å². The van der Waals surface area contributed by atoms with Gasteiger partial charge in [-0.15, -0.1) is 0 Å². The lowest BCUT2D eigenvalue weighted by Crippen LogP contribution is -2.19. The number of rotatable bonds is 1. The van der Waals surface area contributed by atoms with Crippen molar-refractivity contribution in [2.75, 3.05) is 5.32 Å². The zero-order valence-corrected chi connectivity index (χ0v) is 8.35. The molecule has 0 aliphatic rings. The monoisotopic (exact) mass is 222 g/mol. The number of nitrogens with one attached hydrogen (secondary N) is 1. The van der Waals surface area contributed by atoms with Crippen LogP contribution in [-0.2, 0) is 0 Å². The Morgan fingerprint density at radius 1 is 1.47 bits per heavy atom. The third-order valence-corrected chi connectivity index (χ3v) is 1.94. The molecule has 0 aliphatic heterocycles. The van der Waals surface area contributed by atoms with Gasteiger partial charge in [0, 0.05) is 10.7 Å². The molecule has 1 N–H and O–H groups in total. The number of anilines is 1. The molecule has 6 heteroatoms. The van der Waals surface area contributed by atoms with Gasteiger partial charge in [0.2, 0.25) is 0 Å². The maximum Gasteiger partial charge on any atom is 0.348 e. The Morgan fingerprint density at radius 2 is 2.33 bits per heavy atom. The molecule has 2 aromatic rings. The van der Waals surface area contributed by atoms with E-state index in [9.17, 15) is 4.79 Å². The lowest BCUT2D eigenvalue weighted by Gasteiger charge is -2.03. The summed E-state index contributed by atoms with van der Waals surface area (Å²) >= 11 is 5.77. The van der Waals surface area contributed by atoms with E-state index in [4.69, 9.17) is 11.6 Å². The summed E-state index contributed by atoms with van der Waals surface area (Å²) < 4.78 is 1.10. The van der Waals surface area contributed by atoms with Crippen molar-refractivity contribution in [2.24, 2.45) is 0 Å². The number of hydrogen-bond donors (Lipinski definition) is 1. The molecule has 0 radical (unpaired) electrons. The van der Waals surface area contributed by atoms with Gasteiger partial charge in [-0.05, 0) is 18.2 Å². The van der Waals surface area contributed by atoms with Gasteiger partial charge in [0.25, 0.3) is 0 Å². The van der Waals surface area contributed by atoms with Crippen molar-refractivity contribution in [1.29, 1.82) is 0 Å². The van der Waals surface area contributed by atoms with Crippen molar-refractivity contribution in [2.45, 2.75) is 0 Å². The summed E-state index contributed by atoms with van der Waals surface area (Å²) in [5, 5.41) is 6.88. The Kier molecular flexibility index (Phi) is 2.64. The van der Waals surface area contributed by atoms with Crippen LogP contribution in [0.4, 0.5) is 10.5 Å². The lowest BCUT2D eigenvalue weighted by molar-refractivity contribution is 0.251. The first-order valence-corrected chi connectivity index (χ1v) is 4.55. The van der Waals surface area contributed by atoms with E-state index in [1.54, 1.807) is 24.3 Å². The minimum atomic E-state index is -0.380. The van der Waals surface area contributed by atoms with E-state index < -0.39 is 0 Å². The number of carbonyl (C=O) groups is 1. The summed E-state index contributed by atoms with van der Waals surface area (Å²) in [5.74, 6) is 0. The molecule has 1 amide bonds. The average molecular weight is 223 g/mol. The topological polar surface area (TPSA) is 59.8 Å². The van der Waals surface area contributed by atoms with Crippen molar-refractivity contribution < 1.29 is 4.79 Å². The molecule has 1 aromatic carbocycles. The fourth-order valence-electron chi connectivity index (χ4n) is 1.06. The first-order chi connectivity index (χ1) is 7.25. The molecule has 0 unspecified atom stereocenters. The van der Waals surface area contributed by atoms with E-state index in [1.807, 2.05) is 0 Å². The molecule has 0 saturated heterocycles. The first-order valence-electron chi connectivity index (χ1n) is 4.17. The molecule has 1 aromatic heterocycles. The first kappa shape index (κ1) is 9.67. The standard InChI is InChI=1S/C9H7ClN4O/c10-7-2-1-3-8(4-7)13-9(15)14-6-11-5-12-14/h1-6H,(H,13,15). The van der Waals surface area contributed by atoms with Crippen molar-refractivity contribution >= 4 is 23.3 Å². The van der Waals surface area contributed by atoms with Gasteiger partial charge in [0.1, 0.15) is 12.7 Å². The Hall–Kier alpha value is -1.88. The molecule has 0 saturated carbocycles. The predicted molar refractivity (Wildman–Crippen MR) is 55.9 cm³/mol. The van der Waals surface area contributed by atoms with Crippen molar-refractivity contribution in [1.82, 2.24) is 14.8 Å². The second-order valence-corrected chi connectivity index (χ2v) is 3.22. The lowest BCUT2D eigenvalue weighted by atomic mass is 10.3. The molecular weight excluding hydrogens is 216 g/mol. The van der Waals surface area contributed by atoms with Crippen LogP contribution in [0.5, 0.6) is 0 Å². The quantitative estimate of drug-likeness (QED) is 0.803. The van der Waals surface area contributed by atoms with Gasteiger partial charge in [-0.3, -0.25) is 0 Å². The van der Waals surface area contributed by atoms with Gasteiger partial charge in [-0.1, -0.05) is 17.7 Å². The van der Waals surface area contributed by atoms with Crippen LogP contribution in [0.3, 0.4) is 0 Å². The minimum Gasteiger partial charge on any atom is -0.306 e. The zero-order valence-electron chi connectivity index (χ0n) is 7.59. The number of carbonyl (C=O) groups excluding carboxylic acids is 1. The van der Waals surface area contributed by atoms with E-state index in [-0.39, 0.29) is 6.03 Å². The second-order valence-electron chi connectivity index (χ2n) is 2.78. The van der Waals surface area contributed by atoms with Gasteiger partial charge in [0.05, 0.1) is 0 Å². The number of aromatic nitrogens is 3. The molecular formula is C9H7ClN4O. The maximum atomic E-state index is 11.5. The second kappa shape index (κ2) is 4.10. The normalized spacial score (nSPS) is 9.93. The fraction of sp³-hybridized carbons (Fsp3) is 0. The molecule has 76 valence electrons. The average Bonchev–Trinajstić information content (AvgIpc) is 2.70. The largest absolute Gasteiger partial charge is 0.348 e. The van der Waals surface area contributed by atoms with Crippen LogP contribution < -0.4 is 5.32 Å². The number of nitrogens with zero attached hydrogens (tertiary/aromatic N) is 3. The van der Waals surface area contributed by atoms with E-state index in [2.05, 4.69) is 15.4 Å². The summed E-state index contributed by atoms with van der Waals surface area (Å²) in [6.45, 7) is 0. The smallest absolute Gasteiger partial charge is 0.306 e. The van der Waals surface area contributed by atoms with Gasteiger partial charge in [0.15, 0.2) is 0 Å². The van der Waals surface area contributed by atoms with Gasteiger partial charge in [-0.25, -0.2) is 9.78 Å². The summed E-state index contributed by atoms with van der Waals surface area (Å²) in [7, 11) is 0. The Labute approximate surface area is 90.7 Å². The van der Waals surface area contributed by atoms with Crippen molar-refractivity contribution in [3.05, 3.63) is 41.9 Å². The molecule has 0 atom stereocenters. The molecule has 15 heavy (non-hydrogen) atoms. The highest BCUT2D eigenvalue weighted by molar-refractivity contribution is 6.30. The van der Waals surface area contributed by atoms with Crippen LogP contribution in [0, 0.1) is 0 Å². The van der Waals surface area contributed by atoms with Crippen molar-refractivity contribution in [3.8, 4) is 0 Å². The molecule has 2 rings (SSSR count). The molecule has 0 spiro atoms.